The van der Waals surface area contributed by atoms with Crippen LogP contribution in [0.1, 0.15) is 34.1 Å². The fraction of sp³-hybridized carbons (Fsp3) is 1.00. The van der Waals surface area contributed by atoms with Crippen LogP contribution in [0.4, 0.5) is 0 Å². The van der Waals surface area contributed by atoms with Gasteiger partial charge in [0.1, 0.15) is 0 Å². The molecule has 2 heterocycles. The largest absolute Gasteiger partial charge is 0.305 e. The van der Waals surface area contributed by atoms with Gasteiger partial charge in [-0.05, 0) is 44.7 Å². The Kier molecular flexibility index (Phi) is 2.63. The molecule has 0 aromatic carbocycles. The minimum absolute atomic E-state index is 0.504. The third-order valence-electron chi connectivity index (χ3n) is 4.93. The molecule has 2 saturated heterocycles. The number of rotatable bonds is 1. The summed E-state index contributed by atoms with van der Waals surface area (Å²) in [6.45, 7) is 14.8. The molecule has 88 valence electrons. The summed E-state index contributed by atoms with van der Waals surface area (Å²) in [7, 11) is 2.27. The minimum atomic E-state index is 0.504. The summed E-state index contributed by atoms with van der Waals surface area (Å²) in [5.41, 5.74) is 1.05. The van der Waals surface area contributed by atoms with Crippen molar-refractivity contribution >= 4 is 0 Å². The Morgan fingerprint density at radius 2 is 1.60 bits per heavy atom. The van der Waals surface area contributed by atoms with Crippen LogP contribution < -0.4 is 0 Å². The molecule has 0 amide bonds. The van der Waals surface area contributed by atoms with Crippen molar-refractivity contribution in [3.8, 4) is 0 Å². The van der Waals surface area contributed by atoms with Crippen molar-refractivity contribution in [2.24, 2.45) is 10.8 Å². The highest BCUT2D eigenvalue weighted by Crippen LogP contribution is 2.51. The van der Waals surface area contributed by atoms with Crippen molar-refractivity contribution in [3.63, 3.8) is 0 Å². The molecule has 2 nitrogen and oxygen atoms in total. The van der Waals surface area contributed by atoms with Gasteiger partial charge < -0.3 is 9.80 Å². The van der Waals surface area contributed by atoms with Gasteiger partial charge in [-0.15, -0.1) is 0 Å². The molecule has 2 aliphatic heterocycles. The van der Waals surface area contributed by atoms with Gasteiger partial charge in [-0.2, -0.15) is 0 Å². The Morgan fingerprint density at radius 3 is 2.20 bits per heavy atom. The van der Waals surface area contributed by atoms with Crippen LogP contribution in [0.3, 0.4) is 0 Å². The van der Waals surface area contributed by atoms with Crippen LogP contribution in [-0.2, 0) is 0 Å². The summed E-state index contributed by atoms with van der Waals surface area (Å²) in [5.74, 6) is 0. The molecular formula is C13H26N2. The van der Waals surface area contributed by atoms with Crippen molar-refractivity contribution in [1.29, 1.82) is 0 Å². The zero-order valence-corrected chi connectivity index (χ0v) is 11.0. The third-order valence-corrected chi connectivity index (χ3v) is 4.93. The molecule has 0 aromatic rings. The standard InChI is InChI=1S/C13H26N2/c1-11(2)15-7-6-12(3)8-14(5)9-13(12,4)10-15/h11H,6-10H2,1-5H3/t12-,13-/m1/s1. The highest BCUT2D eigenvalue weighted by molar-refractivity contribution is 5.06. The molecule has 2 heteroatoms. The van der Waals surface area contributed by atoms with Gasteiger partial charge in [-0.1, -0.05) is 13.8 Å². The average molecular weight is 210 g/mol. The van der Waals surface area contributed by atoms with Crippen LogP contribution in [-0.4, -0.2) is 49.1 Å². The fourth-order valence-electron chi connectivity index (χ4n) is 3.61. The SMILES string of the molecule is CC(C)N1CC[C@]2(C)CN(C)C[C@]2(C)C1. The summed E-state index contributed by atoms with van der Waals surface area (Å²) >= 11 is 0. The second-order valence-corrected chi connectivity index (χ2v) is 6.61. The molecule has 0 N–H and O–H groups in total. The first kappa shape index (κ1) is 11.4. The van der Waals surface area contributed by atoms with E-state index < -0.39 is 0 Å². The maximum atomic E-state index is 2.65. The molecule has 0 aliphatic carbocycles. The molecule has 0 radical (unpaired) electrons. The first-order chi connectivity index (χ1) is 6.86. The lowest BCUT2D eigenvalue weighted by Gasteiger charge is -2.50. The molecule has 0 saturated carbocycles. The Morgan fingerprint density at radius 1 is 1.00 bits per heavy atom. The molecule has 15 heavy (non-hydrogen) atoms. The van der Waals surface area contributed by atoms with Crippen LogP contribution in [0.25, 0.3) is 0 Å². The normalized spacial score (nSPS) is 43.6. The van der Waals surface area contributed by atoms with Crippen LogP contribution in [0.15, 0.2) is 0 Å². The van der Waals surface area contributed by atoms with Crippen molar-refractivity contribution in [2.75, 3.05) is 33.2 Å². The van der Waals surface area contributed by atoms with E-state index in [1.807, 2.05) is 0 Å². The molecule has 2 aliphatic rings. The van der Waals surface area contributed by atoms with Gasteiger partial charge in [0.2, 0.25) is 0 Å². The van der Waals surface area contributed by atoms with E-state index in [4.69, 9.17) is 0 Å². The number of nitrogens with zero attached hydrogens (tertiary/aromatic N) is 2. The van der Waals surface area contributed by atoms with Crippen LogP contribution >= 0.6 is 0 Å². The smallest absolute Gasteiger partial charge is 0.00560 e. The van der Waals surface area contributed by atoms with Gasteiger partial charge in [-0.25, -0.2) is 0 Å². The zero-order chi connectivity index (χ0) is 11.3. The summed E-state index contributed by atoms with van der Waals surface area (Å²) in [6, 6.07) is 0.706. The highest BCUT2D eigenvalue weighted by Gasteiger charge is 2.53. The second-order valence-electron chi connectivity index (χ2n) is 6.61. The maximum Gasteiger partial charge on any atom is 0.00560 e. The van der Waals surface area contributed by atoms with Crippen molar-refractivity contribution in [2.45, 2.75) is 40.2 Å². The maximum absolute atomic E-state index is 2.65. The molecule has 0 bridgehead atoms. The molecule has 0 spiro atoms. The van der Waals surface area contributed by atoms with Gasteiger partial charge in [0.25, 0.3) is 0 Å². The minimum Gasteiger partial charge on any atom is -0.305 e. The predicted octanol–water partition coefficient (Wildman–Crippen LogP) is 2.06. The number of hydrogen-bond donors (Lipinski definition) is 0. The molecule has 2 fully saturated rings. The van der Waals surface area contributed by atoms with Gasteiger partial charge in [0.15, 0.2) is 0 Å². The molecule has 2 atom stereocenters. The van der Waals surface area contributed by atoms with Gasteiger partial charge in [0, 0.05) is 25.7 Å². The van der Waals surface area contributed by atoms with Crippen LogP contribution in [0, 0.1) is 10.8 Å². The molecular weight excluding hydrogens is 184 g/mol. The summed E-state index contributed by atoms with van der Waals surface area (Å²) in [4.78, 5) is 5.17. The fourth-order valence-corrected chi connectivity index (χ4v) is 3.61. The van der Waals surface area contributed by atoms with Gasteiger partial charge in [-0.3, -0.25) is 0 Å². The van der Waals surface area contributed by atoms with Gasteiger partial charge >= 0.3 is 0 Å². The third kappa shape index (κ3) is 1.72. The number of hydrogen-bond acceptors (Lipinski definition) is 2. The van der Waals surface area contributed by atoms with E-state index in [0.717, 1.165) is 0 Å². The van der Waals surface area contributed by atoms with Crippen molar-refractivity contribution in [3.05, 3.63) is 0 Å². The monoisotopic (exact) mass is 210 g/mol. The molecule has 0 unspecified atom stereocenters. The lowest BCUT2D eigenvalue weighted by atomic mass is 9.63. The lowest BCUT2D eigenvalue weighted by Crippen LogP contribution is -2.54. The van der Waals surface area contributed by atoms with Crippen molar-refractivity contribution in [1.82, 2.24) is 9.80 Å². The van der Waals surface area contributed by atoms with E-state index in [2.05, 4.69) is 44.5 Å². The molecule has 2 rings (SSSR count). The van der Waals surface area contributed by atoms with E-state index >= 15 is 0 Å². The Labute approximate surface area is 94.6 Å². The van der Waals surface area contributed by atoms with E-state index in [0.29, 0.717) is 16.9 Å². The van der Waals surface area contributed by atoms with Crippen molar-refractivity contribution < 1.29 is 0 Å². The first-order valence-corrected chi connectivity index (χ1v) is 6.29. The molecule has 0 aromatic heterocycles. The Bertz CT molecular complexity index is 251. The lowest BCUT2D eigenvalue weighted by molar-refractivity contribution is -0.00337. The Balaban J connectivity index is 2.17. The van der Waals surface area contributed by atoms with Crippen LogP contribution in [0.5, 0.6) is 0 Å². The zero-order valence-electron chi connectivity index (χ0n) is 11.0. The summed E-state index contributed by atoms with van der Waals surface area (Å²) in [5, 5.41) is 0. The first-order valence-electron chi connectivity index (χ1n) is 6.29. The topological polar surface area (TPSA) is 6.48 Å². The van der Waals surface area contributed by atoms with E-state index in [1.54, 1.807) is 0 Å². The van der Waals surface area contributed by atoms with E-state index in [9.17, 15) is 0 Å². The quantitative estimate of drug-likeness (QED) is 0.653. The average Bonchev–Trinajstić information content (AvgIpc) is 2.32. The highest BCUT2D eigenvalue weighted by atomic mass is 15.2. The van der Waals surface area contributed by atoms with E-state index in [-0.39, 0.29) is 0 Å². The second kappa shape index (κ2) is 3.46. The van der Waals surface area contributed by atoms with E-state index in [1.165, 1.54) is 32.6 Å². The summed E-state index contributed by atoms with van der Waals surface area (Å²) < 4.78 is 0. The summed E-state index contributed by atoms with van der Waals surface area (Å²) in [6.07, 6.45) is 1.37. The number of likely N-dealkylation sites (tertiary alicyclic amines) is 2. The van der Waals surface area contributed by atoms with Crippen LogP contribution in [0.2, 0.25) is 0 Å². The number of piperidine rings is 1. The predicted molar refractivity (Wildman–Crippen MR) is 65.0 cm³/mol. The van der Waals surface area contributed by atoms with Gasteiger partial charge in [0.05, 0.1) is 0 Å². The number of fused-ring (bicyclic) bond motifs is 1. The Hall–Kier alpha value is -0.0800.